The normalized spacial score (nSPS) is 10.4. The number of aryl methyl sites for hydroxylation is 1. The van der Waals surface area contributed by atoms with Crippen molar-refractivity contribution in [3.63, 3.8) is 0 Å². The minimum atomic E-state index is 1.07. The molecule has 0 fully saturated rings. The number of anilines is 1. The Kier molecular flexibility index (Phi) is 3.57. The number of thiazole rings is 1. The third-order valence-corrected chi connectivity index (χ3v) is 3.42. The third kappa shape index (κ3) is 2.42. The van der Waals surface area contributed by atoms with Crippen LogP contribution in [0.1, 0.15) is 19.0 Å². The number of hydrogen-bond acceptors (Lipinski definition) is 3. The van der Waals surface area contributed by atoms with Gasteiger partial charge in [0.25, 0.3) is 0 Å². The van der Waals surface area contributed by atoms with Gasteiger partial charge in [0, 0.05) is 23.7 Å². The van der Waals surface area contributed by atoms with Crippen LogP contribution in [0.5, 0.6) is 0 Å². The highest BCUT2D eigenvalue weighted by Gasteiger charge is 2.03. The molecule has 0 saturated heterocycles. The zero-order valence-corrected chi connectivity index (χ0v) is 10.5. The van der Waals surface area contributed by atoms with Gasteiger partial charge in [0.1, 0.15) is 5.01 Å². The Morgan fingerprint density at radius 3 is 2.62 bits per heavy atom. The fraction of sp³-hybridized carbons (Fsp3) is 0.308. The molecule has 0 unspecified atom stereocenters. The molecule has 0 atom stereocenters. The predicted molar refractivity (Wildman–Crippen MR) is 71.1 cm³/mol. The maximum atomic E-state index is 4.62. The lowest BCUT2D eigenvalue weighted by Gasteiger charge is -2.00. The van der Waals surface area contributed by atoms with Crippen molar-refractivity contribution in [1.82, 2.24) is 4.98 Å². The molecule has 0 aliphatic rings. The molecule has 0 aliphatic carbocycles. The van der Waals surface area contributed by atoms with Gasteiger partial charge in [-0.2, -0.15) is 0 Å². The summed E-state index contributed by atoms with van der Waals surface area (Å²) in [7, 11) is 1.93. The molecule has 16 heavy (non-hydrogen) atoms. The molecule has 0 aliphatic heterocycles. The van der Waals surface area contributed by atoms with E-state index in [9.17, 15) is 0 Å². The van der Waals surface area contributed by atoms with E-state index in [2.05, 4.69) is 46.9 Å². The average molecular weight is 232 g/mol. The van der Waals surface area contributed by atoms with E-state index in [0.717, 1.165) is 23.5 Å². The molecule has 1 aromatic heterocycles. The lowest BCUT2D eigenvalue weighted by Crippen LogP contribution is -1.87. The maximum absolute atomic E-state index is 4.62. The Morgan fingerprint density at radius 2 is 2.00 bits per heavy atom. The maximum Gasteiger partial charge on any atom is 0.123 e. The largest absolute Gasteiger partial charge is 0.388 e. The Bertz CT molecular complexity index is 445. The number of rotatable bonds is 4. The van der Waals surface area contributed by atoms with Gasteiger partial charge in [0.15, 0.2) is 0 Å². The number of nitrogens with zero attached hydrogens (tertiary/aromatic N) is 1. The number of benzene rings is 1. The molecular weight excluding hydrogens is 216 g/mol. The molecule has 2 rings (SSSR count). The number of aromatic nitrogens is 1. The molecule has 0 saturated carbocycles. The highest BCUT2D eigenvalue weighted by atomic mass is 32.1. The van der Waals surface area contributed by atoms with Gasteiger partial charge < -0.3 is 5.32 Å². The lowest BCUT2D eigenvalue weighted by atomic mass is 10.2. The van der Waals surface area contributed by atoms with Crippen molar-refractivity contribution in [1.29, 1.82) is 0 Å². The van der Waals surface area contributed by atoms with E-state index in [1.54, 1.807) is 11.3 Å². The molecule has 1 aromatic carbocycles. The van der Waals surface area contributed by atoms with Crippen LogP contribution in [0.15, 0.2) is 29.6 Å². The fourth-order valence-electron chi connectivity index (χ4n) is 1.59. The molecule has 2 nitrogen and oxygen atoms in total. The van der Waals surface area contributed by atoms with Crippen molar-refractivity contribution in [2.45, 2.75) is 19.8 Å². The summed E-state index contributed by atoms with van der Waals surface area (Å²) in [4.78, 5) is 4.62. The van der Waals surface area contributed by atoms with Gasteiger partial charge in [0.05, 0.1) is 5.69 Å². The van der Waals surface area contributed by atoms with E-state index in [1.165, 1.54) is 11.3 Å². The van der Waals surface area contributed by atoms with Crippen molar-refractivity contribution >= 4 is 17.0 Å². The Hall–Kier alpha value is -1.35. The van der Waals surface area contributed by atoms with Gasteiger partial charge in [-0.25, -0.2) is 4.98 Å². The summed E-state index contributed by atoms with van der Waals surface area (Å²) < 4.78 is 0. The molecular formula is C13H16N2S. The van der Waals surface area contributed by atoms with Crippen molar-refractivity contribution < 1.29 is 0 Å². The van der Waals surface area contributed by atoms with Gasteiger partial charge in [-0.15, -0.1) is 11.3 Å². The second-order valence-corrected chi connectivity index (χ2v) is 4.58. The third-order valence-electron chi connectivity index (χ3n) is 2.48. The average Bonchev–Trinajstić information content (AvgIpc) is 2.78. The summed E-state index contributed by atoms with van der Waals surface area (Å²) in [5.41, 5.74) is 3.54. The molecule has 2 aromatic rings. The van der Waals surface area contributed by atoms with Crippen LogP contribution in [0, 0.1) is 0 Å². The highest BCUT2D eigenvalue weighted by molar-refractivity contribution is 7.13. The monoisotopic (exact) mass is 232 g/mol. The Morgan fingerprint density at radius 1 is 1.25 bits per heavy atom. The molecule has 0 bridgehead atoms. The van der Waals surface area contributed by atoms with Gasteiger partial charge >= 0.3 is 0 Å². The minimum absolute atomic E-state index is 1.07. The summed E-state index contributed by atoms with van der Waals surface area (Å²) in [6, 6.07) is 8.38. The quantitative estimate of drug-likeness (QED) is 0.867. The van der Waals surface area contributed by atoms with E-state index in [-0.39, 0.29) is 0 Å². The molecule has 1 N–H and O–H groups in total. The second-order valence-electron chi connectivity index (χ2n) is 3.72. The zero-order valence-electron chi connectivity index (χ0n) is 9.66. The SMILES string of the molecule is CCCc1csc(-c2ccc(NC)cc2)n1. The molecule has 0 spiro atoms. The summed E-state index contributed by atoms with van der Waals surface area (Å²) in [5, 5.41) is 6.39. The van der Waals surface area contributed by atoms with E-state index in [1.807, 2.05) is 7.05 Å². The van der Waals surface area contributed by atoms with Crippen molar-refractivity contribution in [2.75, 3.05) is 12.4 Å². The molecule has 84 valence electrons. The van der Waals surface area contributed by atoms with Crippen LogP contribution in [-0.4, -0.2) is 12.0 Å². The summed E-state index contributed by atoms with van der Waals surface area (Å²) >= 11 is 1.72. The number of hydrogen-bond donors (Lipinski definition) is 1. The van der Waals surface area contributed by atoms with E-state index < -0.39 is 0 Å². The predicted octanol–water partition coefficient (Wildman–Crippen LogP) is 3.80. The van der Waals surface area contributed by atoms with E-state index >= 15 is 0 Å². The van der Waals surface area contributed by atoms with E-state index in [4.69, 9.17) is 0 Å². The van der Waals surface area contributed by atoms with Crippen molar-refractivity contribution in [2.24, 2.45) is 0 Å². The smallest absolute Gasteiger partial charge is 0.123 e. The molecule has 1 heterocycles. The highest BCUT2D eigenvalue weighted by Crippen LogP contribution is 2.25. The second kappa shape index (κ2) is 5.12. The van der Waals surface area contributed by atoms with Crippen molar-refractivity contribution in [3.05, 3.63) is 35.3 Å². The molecule has 3 heteroatoms. The summed E-state index contributed by atoms with van der Waals surface area (Å²) in [6.45, 7) is 2.18. The molecule has 0 amide bonds. The minimum Gasteiger partial charge on any atom is -0.388 e. The molecule has 0 radical (unpaired) electrons. The first-order chi connectivity index (χ1) is 7.83. The van der Waals surface area contributed by atoms with Crippen LogP contribution in [0.25, 0.3) is 10.6 Å². The summed E-state index contributed by atoms with van der Waals surface area (Å²) in [6.07, 6.45) is 2.23. The summed E-state index contributed by atoms with van der Waals surface area (Å²) in [5.74, 6) is 0. The van der Waals surface area contributed by atoms with Crippen LogP contribution in [0.3, 0.4) is 0 Å². The van der Waals surface area contributed by atoms with Crippen LogP contribution < -0.4 is 5.32 Å². The Labute approximate surface area is 100 Å². The van der Waals surface area contributed by atoms with Crippen molar-refractivity contribution in [3.8, 4) is 10.6 Å². The first kappa shape index (κ1) is 11.1. The van der Waals surface area contributed by atoms with E-state index in [0.29, 0.717) is 0 Å². The standard InChI is InChI=1S/C13H16N2S/c1-3-4-12-9-16-13(15-12)10-5-7-11(14-2)8-6-10/h5-9,14H,3-4H2,1-2H3. The Balaban J connectivity index is 2.21. The van der Waals surface area contributed by atoms with Gasteiger partial charge in [-0.3, -0.25) is 0 Å². The zero-order chi connectivity index (χ0) is 11.4. The van der Waals surface area contributed by atoms with Crippen LogP contribution in [-0.2, 0) is 6.42 Å². The van der Waals surface area contributed by atoms with Crippen LogP contribution in [0.4, 0.5) is 5.69 Å². The van der Waals surface area contributed by atoms with Gasteiger partial charge in [-0.1, -0.05) is 13.3 Å². The van der Waals surface area contributed by atoms with Crippen LogP contribution in [0.2, 0.25) is 0 Å². The first-order valence-corrected chi connectivity index (χ1v) is 6.44. The van der Waals surface area contributed by atoms with Gasteiger partial charge in [0.2, 0.25) is 0 Å². The lowest BCUT2D eigenvalue weighted by molar-refractivity contribution is 0.894. The van der Waals surface area contributed by atoms with Crippen LogP contribution >= 0.6 is 11.3 Å². The van der Waals surface area contributed by atoms with Gasteiger partial charge in [-0.05, 0) is 30.7 Å². The first-order valence-electron chi connectivity index (χ1n) is 5.56. The fourth-order valence-corrected chi connectivity index (χ4v) is 2.45. The number of nitrogens with one attached hydrogen (secondary N) is 1. The topological polar surface area (TPSA) is 24.9 Å².